The predicted octanol–water partition coefficient (Wildman–Crippen LogP) is 3.29. The largest absolute Gasteiger partial charge is 0.459 e. The van der Waals surface area contributed by atoms with Gasteiger partial charge in [-0.15, -0.1) is 24.0 Å². The Bertz CT molecular complexity index is 838. The molecule has 0 aliphatic carbocycles. The number of piperazine rings is 1. The van der Waals surface area contributed by atoms with Crippen LogP contribution in [0.3, 0.4) is 0 Å². The number of hydrogen-bond acceptors (Lipinski definition) is 4. The van der Waals surface area contributed by atoms with Crippen LogP contribution in [0.2, 0.25) is 0 Å². The van der Waals surface area contributed by atoms with Crippen molar-refractivity contribution in [1.82, 2.24) is 15.1 Å². The molecule has 3 rings (SSSR count). The van der Waals surface area contributed by atoms with Gasteiger partial charge in [0.05, 0.1) is 12.0 Å². The zero-order valence-electron chi connectivity index (χ0n) is 18.1. The van der Waals surface area contributed by atoms with Crippen molar-refractivity contribution in [3.63, 3.8) is 0 Å². The fourth-order valence-electron chi connectivity index (χ4n) is 3.48. The molecule has 1 amide bonds. The third kappa shape index (κ3) is 6.84. The summed E-state index contributed by atoms with van der Waals surface area (Å²) in [4.78, 5) is 23.0. The normalized spacial score (nSPS) is 14.2. The molecule has 31 heavy (non-hydrogen) atoms. The van der Waals surface area contributed by atoms with Crippen LogP contribution < -0.4 is 10.2 Å². The minimum atomic E-state index is -0.209. The number of nitrogens with one attached hydrogen (secondary N) is 1. The van der Waals surface area contributed by atoms with Gasteiger partial charge in [-0.3, -0.25) is 9.79 Å². The van der Waals surface area contributed by atoms with Crippen LogP contribution in [-0.4, -0.2) is 74.5 Å². The highest BCUT2D eigenvalue weighted by molar-refractivity contribution is 14.0. The van der Waals surface area contributed by atoms with Gasteiger partial charge in [-0.2, -0.15) is 0 Å². The highest BCUT2D eigenvalue weighted by atomic mass is 127. The van der Waals surface area contributed by atoms with E-state index >= 15 is 0 Å². The minimum Gasteiger partial charge on any atom is -0.459 e. The minimum absolute atomic E-state index is 0. The van der Waals surface area contributed by atoms with E-state index in [9.17, 15) is 9.18 Å². The van der Waals surface area contributed by atoms with Gasteiger partial charge in [-0.25, -0.2) is 4.39 Å². The van der Waals surface area contributed by atoms with Gasteiger partial charge in [-0.1, -0.05) is 12.1 Å². The number of halogens is 2. The van der Waals surface area contributed by atoms with Crippen LogP contribution in [0.25, 0.3) is 0 Å². The van der Waals surface area contributed by atoms with Gasteiger partial charge in [0, 0.05) is 52.9 Å². The Labute approximate surface area is 200 Å². The Morgan fingerprint density at radius 2 is 1.87 bits per heavy atom. The van der Waals surface area contributed by atoms with Crippen molar-refractivity contribution < 1.29 is 13.6 Å². The fraction of sp³-hybridized carbons (Fsp3) is 0.455. The lowest BCUT2D eigenvalue weighted by molar-refractivity contribution is 0.0657. The summed E-state index contributed by atoms with van der Waals surface area (Å²) < 4.78 is 19.1. The first-order chi connectivity index (χ1) is 14.6. The highest BCUT2D eigenvalue weighted by Gasteiger charge is 2.25. The maximum atomic E-state index is 13.9. The van der Waals surface area contributed by atoms with Crippen LogP contribution in [0.5, 0.6) is 0 Å². The Morgan fingerprint density at radius 3 is 2.52 bits per heavy atom. The summed E-state index contributed by atoms with van der Waals surface area (Å²) >= 11 is 0. The Balaban J connectivity index is 0.00000341. The second-order valence-electron chi connectivity index (χ2n) is 7.22. The van der Waals surface area contributed by atoms with E-state index in [1.54, 1.807) is 24.3 Å². The van der Waals surface area contributed by atoms with E-state index in [1.807, 2.05) is 29.8 Å². The van der Waals surface area contributed by atoms with E-state index in [4.69, 9.17) is 9.41 Å². The van der Waals surface area contributed by atoms with E-state index in [0.29, 0.717) is 44.2 Å². The van der Waals surface area contributed by atoms with Gasteiger partial charge in [0.15, 0.2) is 11.7 Å². The van der Waals surface area contributed by atoms with Crippen LogP contribution in [0.1, 0.15) is 23.9 Å². The van der Waals surface area contributed by atoms with Crippen LogP contribution in [-0.2, 0) is 0 Å². The molecule has 0 spiro atoms. The quantitative estimate of drug-likeness (QED) is 0.252. The number of carbonyl (C=O) groups excluding carboxylic acids is 1. The highest BCUT2D eigenvalue weighted by Crippen LogP contribution is 2.17. The van der Waals surface area contributed by atoms with Crippen molar-refractivity contribution in [1.29, 1.82) is 0 Å². The Hall–Kier alpha value is -2.30. The lowest BCUT2D eigenvalue weighted by Crippen LogP contribution is -2.53. The number of carbonyl (C=O) groups is 1. The molecule has 0 saturated carbocycles. The topological polar surface area (TPSA) is 64.3 Å². The predicted molar refractivity (Wildman–Crippen MR) is 132 cm³/mol. The Morgan fingerprint density at radius 1 is 1.16 bits per heavy atom. The molecule has 1 aliphatic rings. The molecule has 0 unspecified atom stereocenters. The van der Waals surface area contributed by atoms with Gasteiger partial charge >= 0.3 is 0 Å². The second-order valence-corrected chi connectivity index (χ2v) is 7.22. The number of aliphatic imine (C=N–C) groups is 1. The average Bonchev–Trinajstić information content (AvgIpc) is 3.30. The Kier molecular flexibility index (Phi) is 10.1. The van der Waals surface area contributed by atoms with E-state index < -0.39 is 0 Å². The molecule has 1 N–H and O–H groups in total. The van der Waals surface area contributed by atoms with Crippen LogP contribution in [0.4, 0.5) is 10.1 Å². The lowest BCUT2D eigenvalue weighted by Gasteiger charge is -2.36. The SMILES string of the molecule is CCNC(=NCCCN(C)c1ccccc1F)N1CCN(C(=O)c2ccco2)CC1.I. The maximum absolute atomic E-state index is 13.9. The molecule has 1 aliphatic heterocycles. The number of amides is 1. The molecule has 2 heterocycles. The number of rotatable bonds is 7. The third-order valence-electron chi connectivity index (χ3n) is 5.11. The first-order valence-corrected chi connectivity index (χ1v) is 10.4. The fourth-order valence-corrected chi connectivity index (χ4v) is 3.48. The molecule has 170 valence electrons. The zero-order valence-corrected chi connectivity index (χ0v) is 20.4. The first kappa shape index (κ1) is 25.0. The lowest BCUT2D eigenvalue weighted by atomic mass is 10.2. The third-order valence-corrected chi connectivity index (χ3v) is 5.11. The molecule has 2 aromatic rings. The van der Waals surface area contributed by atoms with Crippen molar-refractivity contribution in [3.8, 4) is 0 Å². The number of benzene rings is 1. The number of furan rings is 1. The summed E-state index contributed by atoms with van der Waals surface area (Å²) in [6.45, 7) is 6.86. The van der Waals surface area contributed by atoms with Gasteiger partial charge in [-0.05, 0) is 37.6 Å². The number of guanidine groups is 1. The monoisotopic (exact) mass is 543 g/mol. The van der Waals surface area contributed by atoms with Crippen molar-refractivity contribution >= 4 is 41.5 Å². The molecular weight excluding hydrogens is 512 g/mol. The summed E-state index contributed by atoms with van der Waals surface area (Å²) in [7, 11) is 1.89. The molecule has 0 bridgehead atoms. The summed E-state index contributed by atoms with van der Waals surface area (Å²) in [5.41, 5.74) is 0.603. The number of para-hydroxylation sites is 1. The summed E-state index contributed by atoms with van der Waals surface area (Å²) in [5.74, 6) is 0.954. The van der Waals surface area contributed by atoms with Gasteiger partial charge in [0.1, 0.15) is 5.82 Å². The van der Waals surface area contributed by atoms with Crippen LogP contribution in [0.15, 0.2) is 52.1 Å². The first-order valence-electron chi connectivity index (χ1n) is 10.4. The van der Waals surface area contributed by atoms with Crippen molar-refractivity contribution in [2.24, 2.45) is 4.99 Å². The molecule has 0 radical (unpaired) electrons. The smallest absolute Gasteiger partial charge is 0.289 e. The summed E-state index contributed by atoms with van der Waals surface area (Å²) in [6.07, 6.45) is 2.33. The molecule has 1 fully saturated rings. The zero-order chi connectivity index (χ0) is 21.3. The summed E-state index contributed by atoms with van der Waals surface area (Å²) in [5, 5.41) is 3.33. The average molecular weight is 543 g/mol. The molecule has 9 heteroatoms. The van der Waals surface area contributed by atoms with Crippen LogP contribution in [0, 0.1) is 5.82 Å². The van der Waals surface area contributed by atoms with Crippen molar-refractivity contribution in [3.05, 3.63) is 54.2 Å². The van der Waals surface area contributed by atoms with E-state index in [0.717, 1.165) is 25.5 Å². The summed E-state index contributed by atoms with van der Waals surface area (Å²) in [6, 6.07) is 10.2. The second kappa shape index (κ2) is 12.5. The molecule has 1 saturated heterocycles. The van der Waals surface area contributed by atoms with Gasteiger partial charge in [0.25, 0.3) is 5.91 Å². The maximum Gasteiger partial charge on any atom is 0.289 e. The van der Waals surface area contributed by atoms with Gasteiger partial charge < -0.3 is 24.4 Å². The number of nitrogens with zero attached hydrogens (tertiary/aromatic N) is 4. The molecule has 7 nitrogen and oxygen atoms in total. The number of anilines is 1. The van der Waals surface area contributed by atoms with E-state index in [1.165, 1.54) is 12.3 Å². The van der Waals surface area contributed by atoms with E-state index in [2.05, 4.69) is 10.2 Å². The standard InChI is InChI=1S/C22H30FN5O2.HI/c1-3-24-22(25-11-7-12-26(2)19-9-5-4-8-18(19)23)28-15-13-27(14-16-28)21(29)20-10-6-17-30-20;/h4-6,8-10,17H,3,7,11-16H2,1-2H3,(H,24,25);1H. The molecule has 0 atom stereocenters. The van der Waals surface area contributed by atoms with Crippen molar-refractivity contribution in [2.45, 2.75) is 13.3 Å². The number of hydrogen-bond donors (Lipinski definition) is 1. The molecular formula is C22H31FIN5O2. The van der Waals surface area contributed by atoms with E-state index in [-0.39, 0.29) is 35.7 Å². The molecule has 1 aromatic heterocycles. The molecule has 1 aromatic carbocycles. The van der Waals surface area contributed by atoms with Crippen LogP contribution >= 0.6 is 24.0 Å². The van der Waals surface area contributed by atoms with Gasteiger partial charge in [0.2, 0.25) is 0 Å². The van der Waals surface area contributed by atoms with Crippen molar-refractivity contribution in [2.75, 3.05) is 57.8 Å².